The second-order valence-electron chi connectivity index (χ2n) is 7.27. The van der Waals surface area contributed by atoms with E-state index in [0.717, 1.165) is 0 Å². The first-order valence-corrected chi connectivity index (χ1v) is 11.7. The number of primary sulfonamides is 1. The molecule has 0 fully saturated rings. The van der Waals surface area contributed by atoms with Crippen molar-refractivity contribution < 1.29 is 17.9 Å². The number of hydrazine groups is 1. The molecule has 3 aromatic rings. The summed E-state index contributed by atoms with van der Waals surface area (Å²) in [5.74, 6) is -0.118. The van der Waals surface area contributed by atoms with Crippen LogP contribution in [0, 0.1) is 5.41 Å². The third-order valence-electron chi connectivity index (χ3n) is 4.83. The van der Waals surface area contributed by atoms with Crippen molar-refractivity contribution >= 4 is 33.3 Å². The average molecular weight is 483 g/mol. The van der Waals surface area contributed by atoms with Crippen molar-refractivity contribution in [2.45, 2.75) is 4.90 Å². The van der Waals surface area contributed by atoms with E-state index in [0.29, 0.717) is 22.4 Å². The normalized spacial score (nSPS) is 11.0. The maximum atomic E-state index is 13.2. The highest BCUT2D eigenvalue weighted by atomic mass is 32.2. The number of urea groups is 1. The van der Waals surface area contributed by atoms with Crippen molar-refractivity contribution in [1.82, 2.24) is 5.01 Å². The Balaban J connectivity index is 1.95. The number of ether oxygens (including phenoxy) is 1. The van der Waals surface area contributed by atoms with Crippen molar-refractivity contribution in [3.63, 3.8) is 0 Å². The lowest BCUT2D eigenvalue weighted by molar-refractivity contribution is 0.164. The number of carbonyl (C=O) groups excluding carboxylic acids is 1. The van der Waals surface area contributed by atoms with Crippen LogP contribution >= 0.6 is 0 Å². The molecule has 0 saturated carbocycles. The summed E-state index contributed by atoms with van der Waals surface area (Å²) in [6.07, 6.45) is 0. The zero-order valence-corrected chi connectivity index (χ0v) is 19.3. The first-order chi connectivity index (χ1) is 16.2. The van der Waals surface area contributed by atoms with E-state index in [2.05, 4.69) is 10.7 Å². The molecule has 0 spiro atoms. The standard InChI is InChI=1S/C23H26N6O4S/c1-33-14-13-29(28-18-10-5-9-17(15-18)22(24)25)23(30)27-20-12-6-11-19(21(20)34(26,31)32)16-7-3-2-4-8-16/h2-12,15,28H,13-14H2,1H3,(H3,24,25)(H,27,30)(H2,26,31,32). The second-order valence-corrected chi connectivity index (χ2v) is 8.77. The number of nitrogens with zero attached hydrogens (tertiary/aromatic N) is 1. The minimum atomic E-state index is -4.19. The van der Waals surface area contributed by atoms with Gasteiger partial charge in [0, 0.05) is 18.2 Å². The molecule has 0 aliphatic rings. The topological polar surface area (TPSA) is 164 Å². The van der Waals surface area contributed by atoms with Gasteiger partial charge in [0.2, 0.25) is 10.0 Å². The number of hydrogen-bond donors (Lipinski definition) is 5. The molecule has 0 saturated heterocycles. The van der Waals surface area contributed by atoms with E-state index >= 15 is 0 Å². The van der Waals surface area contributed by atoms with Crippen molar-refractivity contribution in [1.29, 1.82) is 5.41 Å². The minimum Gasteiger partial charge on any atom is -0.384 e. The van der Waals surface area contributed by atoms with Crippen LogP contribution in [0.15, 0.2) is 77.7 Å². The number of anilines is 2. The van der Waals surface area contributed by atoms with Crippen LogP contribution in [0.25, 0.3) is 11.1 Å². The first-order valence-electron chi connectivity index (χ1n) is 10.2. The zero-order chi connectivity index (χ0) is 24.7. The number of nitrogens with one attached hydrogen (secondary N) is 3. The summed E-state index contributed by atoms with van der Waals surface area (Å²) in [4.78, 5) is 13.0. The summed E-state index contributed by atoms with van der Waals surface area (Å²) in [7, 11) is -2.70. The van der Waals surface area contributed by atoms with Gasteiger partial charge >= 0.3 is 6.03 Å². The van der Waals surface area contributed by atoms with Gasteiger partial charge in [-0.2, -0.15) is 0 Å². The Labute approximate surface area is 198 Å². The predicted octanol–water partition coefficient (Wildman–Crippen LogP) is 2.79. The second kappa shape index (κ2) is 10.8. The van der Waals surface area contributed by atoms with Crippen molar-refractivity contribution in [2.75, 3.05) is 31.0 Å². The first kappa shape index (κ1) is 24.7. The van der Waals surface area contributed by atoms with Crippen LogP contribution in [0.3, 0.4) is 0 Å². The quantitative estimate of drug-likeness (QED) is 0.179. The summed E-state index contributed by atoms with van der Waals surface area (Å²) >= 11 is 0. The number of nitrogen functional groups attached to an aromatic ring is 1. The van der Waals surface area contributed by atoms with Gasteiger partial charge in [-0.15, -0.1) is 0 Å². The van der Waals surface area contributed by atoms with Gasteiger partial charge in [-0.1, -0.05) is 54.6 Å². The number of hydrogen-bond acceptors (Lipinski definition) is 6. The molecule has 34 heavy (non-hydrogen) atoms. The van der Waals surface area contributed by atoms with Crippen LogP contribution < -0.4 is 21.6 Å². The lowest BCUT2D eigenvalue weighted by atomic mass is 10.1. The van der Waals surface area contributed by atoms with Crippen LogP contribution in [0.2, 0.25) is 0 Å². The van der Waals surface area contributed by atoms with E-state index in [4.69, 9.17) is 21.0 Å². The van der Waals surface area contributed by atoms with Crippen molar-refractivity contribution in [2.24, 2.45) is 10.9 Å². The lowest BCUT2D eigenvalue weighted by Crippen LogP contribution is -2.41. The highest BCUT2D eigenvalue weighted by Gasteiger charge is 2.23. The lowest BCUT2D eigenvalue weighted by Gasteiger charge is -2.25. The molecule has 0 aromatic heterocycles. The molecule has 7 N–H and O–H groups in total. The Hall–Kier alpha value is -3.93. The minimum absolute atomic E-state index is 0.0376. The summed E-state index contributed by atoms with van der Waals surface area (Å²) < 4.78 is 30.1. The molecule has 0 atom stereocenters. The van der Waals surface area contributed by atoms with Crippen LogP contribution in [0.5, 0.6) is 0 Å². The van der Waals surface area contributed by atoms with Gasteiger partial charge in [-0.3, -0.25) is 10.8 Å². The molecule has 10 nitrogen and oxygen atoms in total. The predicted molar refractivity (Wildman–Crippen MR) is 132 cm³/mol. The number of methoxy groups -OCH3 is 1. The fourth-order valence-corrected chi connectivity index (χ4v) is 4.19. The van der Waals surface area contributed by atoms with Crippen LogP contribution in [-0.2, 0) is 14.8 Å². The fourth-order valence-electron chi connectivity index (χ4n) is 3.27. The zero-order valence-electron chi connectivity index (χ0n) is 18.5. The Morgan fingerprint density at radius 1 is 1.06 bits per heavy atom. The van der Waals surface area contributed by atoms with E-state index < -0.39 is 16.1 Å². The maximum Gasteiger partial charge on any atom is 0.340 e. The molecule has 3 rings (SSSR count). The summed E-state index contributed by atoms with van der Waals surface area (Å²) in [5.41, 5.74) is 10.5. The maximum absolute atomic E-state index is 13.2. The number of rotatable bonds is 9. The Bertz CT molecular complexity index is 1280. The summed E-state index contributed by atoms with van der Waals surface area (Å²) in [6.45, 7) is 0.342. The van der Waals surface area contributed by atoms with Gasteiger partial charge in [-0.25, -0.2) is 23.4 Å². The molecule has 3 aromatic carbocycles. The van der Waals surface area contributed by atoms with E-state index in [-0.39, 0.29) is 29.6 Å². The van der Waals surface area contributed by atoms with Gasteiger partial charge in [0.1, 0.15) is 10.7 Å². The van der Waals surface area contributed by atoms with Crippen molar-refractivity contribution in [3.8, 4) is 11.1 Å². The molecule has 0 bridgehead atoms. The molecular formula is C23H26N6O4S. The Morgan fingerprint density at radius 2 is 1.76 bits per heavy atom. The molecule has 0 aliphatic heterocycles. The third-order valence-corrected chi connectivity index (χ3v) is 5.84. The van der Waals surface area contributed by atoms with Gasteiger partial charge in [0.25, 0.3) is 0 Å². The number of nitrogens with two attached hydrogens (primary N) is 2. The summed E-state index contributed by atoms with van der Waals surface area (Å²) in [5, 5.41) is 17.0. The Morgan fingerprint density at radius 3 is 2.41 bits per heavy atom. The number of benzene rings is 3. The summed E-state index contributed by atoms with van der Waals surface area (Å²) in [6, 6.07) is 19.6. The molecule has 0 unspecified atom stereocenters. The number of carbonyl (C=O) groups is 1. The van der Waals surface area contributed by atoms with Crippen LogP contribution in [0.1, 0.15) is 5.56 Å². The smallest absolute Gasteiger partial charge is 0.340 e. The molecule has 0 aliphatic carbocycles. The molecule has 178 valence electrons. The fraction of sp³-hybridized carbons (Fsp3) is 0.130. The highest BCUT2D eigenvalue weighted by molar-refractivity contribution is 7.89. The van der Waals surface area contributed by atoms with Gasteiger partial charge < -0.3 is 15.8 Å². The molecule has 11 heteroatoms. The van der Waals surface area contributed by atoms with Crippen LogP contribution in [0.4, 0.5) is 16.2 Å². The van der Waals surface area contributed by atoms with E-state index in [1.165, 1.54) is 18.2 Å². The largest absolute Gasteiger partial charge is 0.384 e. The monoisotopic (exact) mass is 482 g/mol. The van der Waals surface area contributed by atoms with Crippen molar-refractivity contribution in [3.05, 3.63) is 78.4 Å². The van der Waals surface area contributed by atoms with E-state index in [1.54, 1.807) is 60.7 Å². The third kappa shape index (κ3) is 6.10. The SMILES string of the molecule is COCCN(Nc1cccc(C(=N)N)c1)C(=O)Nc1cccc(-c2ccccc2)c1S(N)(=O)=O. The van der Waals surface area contributed by atoms with E-state index in [1.807, 2.05) is 6.07 Å². The molecule has 0 radical (unpaired) electrons. The highest BCUT2D eigenvalue weighted by Crippen LogP contribution is 2.32. The molecular weight excluding hydrogens is 456 g/mol. The van der Waals surface area contributed by atoms with Gasteiger partial charge in [0.05, 0.1) is 24.5 Å². The van der Waals surface area contributed by atoms with Crippen LogP contribution in [-0.4, -0.2) is 45.6 Å². The number of sulfonamides is 1. The number of amides is 2. The molecule has 2 amide bonds. The van der Waals surface area contributed by atoms with Gasteiger partial charge in [0.15, 0.2) is 0 Å². The average Bonchev–Trinajstić information content (AvgIpc) is 2.81. The molecule has 0 heterocycles. The number of amidine groups is 1. The Kier molecular flexibility index (Phi) is 7.84. The van der Waals surface area contributed by atoms with E-state index in [9.17, 15) is 13.2 Å². The van der Waals surface area contributed by atoms with Gasteiger partial charge in [-0.05, 0) is 23.8 Å².